The van der Waals surface area contributed by atoms with Crippen LogP contribution in [0.4, 0.5) is 0 Å². The smallest absolute Gasteiger partial charge is 0.0922 e. The van der Waals surface area contributed by atoms with Crippen molar-refractivity contribution >= 4 is 0 Å². The molecule has 0 spiro atoms. The Kier molecular flexibility index (Phi) is 3.37. The highest BCUT2D eigenvalue weighted by Gasteiger charge is 2.01. The number of nitrogens with zero attached hydrogens (tertiary/aromatic N) is 1. The van der Waals surface area contributed by atoms with E-state index >= 15 is 0 Å². The quantitative estimate of drug-likeness (QED) is 0.821. The summed E-state index contributed by atoms with van der Waals surface area (Å²) in [6.07, 6.45) is 3.55. The zero-order valence-electron chi connectivity index (χ0n) is 9.75. The standard InChI is InChI=1S/C13H17N3/c1-10-4-3-5-11(2)13(10)8-14-6-12-7-15-9-16-12/h3-5,7,9,14H,6,8H2,1-2H3,(H,15,16). The van der Waals surface area contributed by atoms with E-state index in [1.807, 2.05) is 6.20 Å². The van der Waals surface area contributed by atoms with Crippen molar-refractivity contribution in [3.63, 3.8) is 0 Å². The third kappa shape index (κ3) is 2.49. The molecule has 0 aliphatic rings. The molecule has 0 saturated carbocycles. The van der Waals surface area contributed by atoms with Gasteiger partial charge in [0.05, 0.1) is 6.33 Å². The zero-order valence-corrected chi connectivity index (χ0v) is 9.75. The predicted molar refractivity (Wildman–Crippen MR) is 65.0 cm³/mol. The van der Waals surface area contributed by atoms with Crippen LogP contribution in [0.15, 0.2) is 30.7 Å². The van der Waals surface area contributed by atoms with Gasteiger partial charge in [-0.2, -0.15) is 0 Å². The minimum atomic E-state index is 0.827. The number of aryl methyl sites for hydroxylation is 2. The van der Waals surface area contributed by atoms with Crippen LogP contribution in [0.5, 0.6) is 0 Å². The average molecular weight is 215 g/mol. The minimum absolute atomic E-state index is 0.827. The number of nitrogens with one attached hydrogen (secondary N) is 2. The summed E-state index contributed by atoms with van der Waals surface area (Å²) in [7, 11) is 0. The van der Waals surface area contributed by atoms with Gasteiger partial charge in [-0.15, -0.1) is 0 Å². The summed E-state index contributed by atoms with van der Waals surface area (Å²) >= 11 is 0. The van der Waals surface area contributed by atoms with Crippen LogP contribution in [0.25, 0.3) is 0 Å². The Labute approximate surface area is 95.9 Å². The van der Waals surface area contributed by atoms with Crippen molar-refractivity contribution in [2.75, 3.05) is 0 Å². The predicted octanol–water partition coefficient (Wildman–Crippen LogP) is 2.32. The fourth-order valence-corrected chi connectivity index (χ4v) is 1.83. The molecule has 0 unspecified atom stereocenters. The first-order valence-electron chi connectivity index (χ1n) is 5.50. The van der Waals surface area contributed by atoms with Crippen molar-refractivity contribution in [3.8, 4) is 0 Å². The topological polar surface area (TPSA) is 40.7 Å². The molecule has 0 fully saturated rings. The number of benzene rings is 1. The monoisotopic (exact) mass is 215 g/mol. The van der Waals surface area contributed by atoms with Gasteiger partial charge in [0.1, 0.15) is 0 Å². The van der Waals surface area contributed by atoms with Gasteiger partial charge in [0.15, 0.2) is 0 Å². The molecule has 0 atom stereocenters. The first-order valence-corrected chi connectivity index (χ1v) is 5.50. The Morgan fingerprint density at radius 3 is 2.56 bits per heavy atom. The molecule has 0 amide bonds. The molecule has 1 aromatic heterocycles. The summed E-state index contributed by atoms with van der Waals surface area (Å²) < 4.78 is 0. The number of hydrogen-bond donors (Lipinski definition) is 2. The van der Waals surface area contributed by atoms with Gasteiger partial charge in [-0.05, 0) is 30.5 Å². The molecule has 0 bridgehead atoms. The molecule has 2 rings (SSSR count). The van der Waals surface area contributed by atoms with E-state index in [-0.39, 0.29) is 0 Å². The maximum Gasteiger partial charge on any atom is 0.0922 e. The van der Waals surface area contributed by atoms with E-state index in [9.17, 15) is 0 Å². The third-order valence-corrected chi connectivity index (χ3v) is 2.82. The Bertz CT molecular complexity index is 426. The molecule has 3 nitrogen and oxygen atoms in total. The Hall–Kier alpha value is -1.61. The fraction of sp³-hybridized carbons (Fsp3) is 0.308. The van der Waals surface area contributed by atoms with Crippen LogP contribution in [0.2, 0.25) is 0 Å². The van der Waals surface area contributed by atoms with Crippen molar-refractivity contribution in [2.45, 2.75) is 26.9 Å². The molecule has 3 heteroatoms. The SMILES string of the molecule is Cc1cccc(C)c1CNCc1cnc[nH]1. The van der Waals surface area contributed by atoms with Gasteiger partial charge < -0.3 is 10.3 Å². The van der Waals surface area contributed by atoms with E-state index in [2.05, 4.69) is 47.3 Å². The van der Waals surface area contributed by atoms with Gasteiger partial charge in [-0.1, -0.05) is 18.2 Å². The number of H-pyrrole nitrogens is 1. The summed E-state index contributed by atoms with van der Waals surface area (Å²) in [5.74, 6) is 0. The van der Waals surface area contributed by atoms with Crippen LogP contribution in [-0.2, 0) is 13.1 Å². The van der Waals surface area contributed by atoms with Gasteiger partial charge in [-0.25, -0.2) is 4.98 Å². The number of aromatic nitrogens is 2. The third-order valence-electron chi connectivity index (χ3n) is 2.82. The molecule has 84 valence electrons. The van der Waals surface area contributed by atoms with Gasteiger partial charge in [-0.3, -0.25) is 0 Å². The van der Waals surface area contributed by atoms with Gasteiger partial charge in [0.2, 0.25) is 0 Å². The molecule has 0 radical (unpaired) electrons. The second-order valence-corrected chi connectivity index (χ2v) is 4.05. The van der Waals surface area contributed by atoms with E-state index in [0.717, 1.165) is 18.8 Å². The summed E-state index contributed by atoms with van der Waals surface area (Å²) in [4.78, 5) is 7.07. The van der Waals surface area contributed by atoms with Crippen molar-refractivity contribution in [2.24, 2.45) is 0 Å². The Morgan fingerprint density at radius 1 is 1.19 bits per heavy atom. The van der Waals surface area contributed by atoms with Crippen molar-refractivity contribution in [3.05, 3.63) is 53.1 Å². The molecule has 16 heavy (non-hydrogen) atoms. The first-order chi connectivity index (χ1) is 7.77. The summed E-state index contributed by atoms with van der Waals surface area (Å²) in [6, 6.07) is 6.41. The summed E-state index contributed by atoms with van der Waals surface area (Å²) in [5, 5.41) is 3.41. The molecule has 0 saturated heterocycles. The molecule has 2 aromatic rings. The molecular weight excluding hydrogens is 198 g/mol. The van der Waals surface area contributed by atoms with E-state index < -0.39 is 0 Å². The Balaban J connectivity index is 1.95. The van der Waals surface area contributed by atoms with E-state index in [0.29, 0.717) is 0 Å². The lowest BCUT2D eigenvalue weighted by molar-refractivity contribution is 0.677. The molecule has 1 aromatic carbocycles. The lowest BCUT2D eigenvalue weighted by atomic mass is 10.0. The summed E-state index contributed by atoms with van der Waals surface area (Å²) in [6.45, 7) is 6.03. The maximum atomic E-state index is 3.99. The van der Waals surface area contributed by atoms with Crippen molar-refractivity contribution < 1.29 is 0 Å². The van der Waals surface area contributed by atoms with Crippen molar-refractivity contribution in [1.82, 2.24) is 15.3 Å². The average Bonchev–Trinajstić information content (AvgIpc) is 2.75. The highest BCUT2D eigenvalue weighted by molar-refractivity contribution is 5.33. The number of imidazole rings is 1. The number of rotatable bonds is 4. The van der Waals surface area contributed by atoms with E-state index in [1.165, 1.54) is 16.7 Å². The lowest BCUT2D eigenvalue weighted by Crippen LogP contribution is -2.14. The minimum Gasteiger partial charge on any atom is -0.347 e. The van der Waals surface area contributed by atoms with Crippen LogP contribution in [0, 0.1) is 13.8 Å². The van der Waals surface area contributed by atoms with Gasteiger partial charge in [0.25, 0.3) is 0 Å². The molecule has 2 N–H and O–H groups in total. The van der Waals surface area contributed by atoms with Crippen LogP contribution >= 0.6 is 0 Å². The molecule has 0 aliphatic carbocycles. The second kappa shape index (κ2) is 4.94. The fourth-order valence-electron chi connectivity index (χ4n) is 1.83. The molecule has 1 heterocycles. The largest absolute Gasteiger partial charge is 0.347 e. The normalized spacial score (nSPS) is 10.6. The van der Waals surface area contributed by atoms with E-state index in [1.54, 1.807) is 6.33 Å². The number of aromatic amines is 1. The van der Waals surface area contributed by atoms with E-state index in [4.69, 9.17) is 0 Å². The highest BCUT2D eigenvalue weighted by Crippen LogP contribution is 2.12. The summed E-state index contributed by atoms with van der Waals surface area (Å²) in [5.41, 5.74) is 5.20. The van der Waals surface area contributed by atoms with Crippen molar-refractivity contribution in [1.29, 1.82) is 0 Å². The molecule has 0 aliphatic heterocycles. The van der Waals surface area contributed by atoms with Gasteiger partial charge in [0, 0.05) is 25.0 Å². The lowest BCUT2D eigenvalue weighted by Gasteiger charge is -2.10. The maximum absolute atomic E-state index is 3.99. The highest BCUT2D eigenvalue weighted by atomic mass is 14.9. The van der Waals surface area contributed by atoms with Crippen LogP contribution in [-0.4, -0.2) is 9.97 Å². The van der Waals surface area contributed by atoms with Crippen LogP contribution in [0.3, 0.4) is 0 Å². The van der Waals surface area contributed by atoms with Crippen LogP contribution < -0.4 is 5.32 Å². The zero-order chi connectivity index (χ0) is 11.4. The Morgan fingerprint density at radius 2 is 1.94 bits per heavy atom. The van der Waals surface area contributed by atoms with Gasteiger partial charge >= 0.3 is 0 Å². The number of hydrogen-bond acceptors (Lipinski definition) is 2. The second-order valence-electron chi connectivity index (χ2n) is 4.05. The first kappa shape index (κ1) is 10.9. The van der Waals surface area contributed by atoms with Crippen LogP contribution in [0.1, 0.15) is 22.4 Å². The molecular formula is C13H17N3.